The van der Waals surface area contributed by atoms with E-state index in [9.17, 15) is 4.79 Å². The number of carbonyl (C=O) groups is 1. The van der Waals surface area contributed by atoms with E-state index in [1.807, 2.05) is 6.92 Å². The van der Waals surface area contributed by atoms with Crippen LogP contribution in [0.25, 0.3) is 0 Å². The molecule has 0 fully saturated rings. The van der Waals surface area contributed by atoms with Crippen LogP contribution in [-0.2, 0) is 0 Å². The number of halogens is 2. The van der Waals surface area contributed by atoms with Gasteiger partial charge in [-0.05, 0) is 25.1 Å². The molecule has 0 aromatic carbocycles. The number of pyridine rings is 1. The zero-order valence-electron chi connectivity index (χ0n) is 9.48. The highest BCUT2D eigenvalue weighted by Gasteiger charge is 2.16. The van der Waals surface area contributed by atoms with E-state index in [-0.39, 0.29) is 27.7 Å². The molecule has 2 aromatic rings. The predicted molar refractivity (Wildman–Crippen MR) is 68.8 cm³/mol. The van der Waals surface area contributed by atoms with Gasteiger partial charge in [0.15, 0.2) is 0 Å². The maximum atomic E-state index is 12.0. The monoisotopic (exact) mass is 284 g/mol. The minimum Gasteiger partial charge on any atom is -0.467 e. The Kier molecular flexibility index (Phi) is 3.89. The minimum absolute atomic E-state index is 0.218. The summed E-state index contributed by atoms with van der Waals surface area (Å²) in [5.41, 5.74) is 0.287. The van der Waals surface area contributed by atoms with E-state index in [0.29, 0.717) is 5.76 Å². The highest BCUT2D eigenvalue weighted by Crippen LogP contribution is 2.19. The Morgan fingerprint density at radius 2 is 2.28 bits per heavy atom. The topological polar surface area (TPSA) is 55.1 Å². The number of nitrogens with one attached hydrogen (secondary N) is 1. The number of amides is 1. The maximum Gasteiger partial charge on any atom is 0.253 e. The summed E-state index contributed by atoms with van der Waals surface area (Å²) in [6.45, 7) is 1.81. The minimum atomic E-state index is -0.326. The second-order valence-electron chi connectivity index (χ2n) is 3.70. The molecule has 18 heavy (non-hydrogen) atoms. The SMILES string of the molecule is CC(NC(=O)c1cc(Cl)ncc1Cl)c1ccco1. The van der Waals surface area contributed by atoms with Crippen LogP contribution in [-0.4, -0.2) is 10.9 Å². The van der Waals surface area contributed by atoms with Gasteiger partial charge < -0.3 is 9.73 Å². The van der Waals surface area contributed by atoms with Crippen LogP contribution >= 0.6 is 23.2 Å². The van der Waals surface area contributed by atoms with Crippen LogP contribution in [0.5, 0.6) is 0 Å². The first-order valence-electron chi connectivity index (χ1n) is 5.23. The summed E-state index contributed by atoms with van der Waals surface area (Å²) in [5.74, 6) is 0.341. The van der Waals surface area contributed by atoms with E-state index >= 15 is 0 Å². The summed E-state index contributed by atoms with van der Waals surface area (Å²) in [7, 11) is 0. The molecule has 0 bridgehead atoms. The van der Waals surface area contributed by atoms with Crippen molar-refractivity contribution in [1.82, 2.24) is 10.3 Å². The second kappa shape index (κ2) is 5.42. The summed E-state index contributed by atoms with van der Waals surface area (Å²) < 4.78 is 5.20. The second-order valence-corrected chi connectivity index (χ2v) is 4.49. The van der Waals surface area contributed by atoms with Crippen molar-refractivity contribution in [3.63, 3.8) is 0 Å². The summed E-state index contributed by atoms with van der Waals surface area (Å²) >= 11 is 11.6. The van der Waals surface area contributed by atoms with Crippen molar-refractivity contribution >= 4 is 29.1 Å². The van der Waals surface area contributed by atoms with Gasteiger partial charge in [-0.2, -0.15) is 0 Å². The Morgan fingerprint density at radius 1 is 1.50 bits per heavy atom. The first kappa shape index (κ1) is 12.9. The zero-order valence-corrected chi connectivity index (χ0v) is 11.0. The van der Waals surface area contributed by atoms with Gasteiger partial charge in [0, 0.05) is 6.20 Å². The van der Waals surface area contributed by atoms with Gasteiger partial charge in [0.2, 0.25) is 0 Å². The predicted octanol–water partition coefficient (Wildman–Crippen LogP) is 3.47. The molecule has 1 amide bonds. The van der Waals surface area contributed by atoms with E-state index in [0.717, 1.165) is 0 Å². The van der Waals surface area contributed by atoms with Gasteiger partial charge in [-0.25, -0.2) is 4.98 Å². The van der Waals surface area contributed by atoms with Crippen LogP contribution in [0.15, 0.2) is 35.1 Å². The van der Waals surface area contributed by atoms with Gasteiger partial charge in [0.05, 0.1) is 22.9 Å². The summed E-state index contributed by atoms with van der Waals surface area (Å²) in [5, 5.41) is 3.23. The van der Waals surface area contributed by atoms with Gasteiger partial charge >= 0.3 is 0 Å². The first-order valence-corrected chi connectivity index (χ1v) is 5.99. The average Bonchev–Trinajstić information content (AvgIpc) is 2.85. The van der Waals surface area contributed by atoms with Crippen LogP contribution in [0.4, 0.5) is 0 Å². The molecule has 1 N–H and O–H groups in total. The molecule has 4 nitrogen and oxygen atoms in total. The van der Waals surface area contributed by atoms with Crippen molar-refractivity contribution in [2.24, 2.45) is 0 Å². The smallest absolute Gasteiger partial charge is 0.253 e. The van der Waals surface area contributed by atoms with Crippen molar-refractivity contribution in [2.45, 2.75) is 13.0 Å². The standard InChI is InChI=1S/C12H10Cl2N2O2/c1-7(10-3-2-4-18-10)16-12(17)8-5-11(14)15-6-9(8)13/h2-7H,1H3,(H,16,17). The van der Waals surface area contributed by atoms with Crippen molar-refractivity contribution in [1.29, 1.82) is 0 Å². The zero-order chi connectivity index (χ0) is 13.1. The fraction of sp³-hybridized carbons (Fsp3) is 0.167. The van der Waals surface area contributed by atoms with Gasteiger partial charge in [0.25, 0.3) is 5.91 Å². The lowest BCUT2D eigenvalue weighted by molar-refractivity contribution is 0.0935. The van der Waals surface area contributed by atoms with Gasteiger partial charge in [-0.15, -0.1) is 0 Å². The molecule has 1 unspecified atom stereocenters. The number of hydrogen-bond donors (Lipinski definition) is 1. The van der Waals surface area contributed by atoms with Gasteiger partial charge in [-0.3, -0.25) is 4.79 Å². The average molecular weight is 285 g/mol. The van der Waals surface area contributed by atoms with Crippen molar-refractivity contribution in [2.75, 3.05) is 0 Å². The molecule has 6 heteroatoms. The first-order chi connectivity index (χ1) is 8.58. The van der Waals surface area contributed by atoms with E-state index in [1.165, 1.54) is 12.3 Å². The van der Waals surface area contributed by atoms with Crippen LogP contribution < -0.4 is 5.32 Å². The van der Waals surface area contributed by atoms with Crippen molar-refractivity contribution < 1.29 is 9.21 Å². The molecular formula is C12H10Cl2N2O2. The van der Waals surface area contributed by atoms with Crippen molar-refractivity contribution in [3.8, 4) is 0 Å². The molecule has 0 saturated heterocycles. The molecule has 2 rings (SSSR count). The normalized spacial score (nSPS) is 12.2. The molecular weight excluding hydrogens is 275 g/mol. The Labute approximate surface area is 114 Å². The van der Waals surface area contributed by atoms with Gasteiger partial charge in [-0.1, -0.05) is 23.2 Å². The lowest BCUT2D eigenvalue weighted by Crippen LogP contribution is -2.26. The van der Waals surface area contributed by atoms with E-state index in [1.54, 1.807) is 18.4 Å². The molecule has 2 heterocycles. The summed E-state index contributed by atoms with van der Waals surface area (Å²) in [6, 6.07) is 4.71. The van der Waals surface area contributed by atoms with E-state index in [2.05, 4.69) is 10.3 Å². The number of furan rings is 1. The van der Waals surface area contributed by atoms with Gasteiger partial charge in [0.1, 0.15) is 10.9 Å². The Balaban J connectivity index is 2.15. The number of hydrogen-bond acceptors (Lipinski definition) is 3. The van der Waals surface area contributed by atoms with Crippen LogP contribution in [0.3, 0.4) is 0 Å². The summed E-state index contributed by atoms with van der Waals surface area (Å²) in [6.07, 6.45) is 2.89. The maximum absolute atomic E-state index is 12.0. The molecule has 0 aliphatic heterocycles. The third-order valence-corrected chi connectivity index (χ3v) is 2.89. The molecule has 0 aliphatic carbocycles. The lowest BCUT2D eigenvalue weighted by Gasteiger charge is -2.12. The highest BCUT2D eigenvalue weighted by molar-refractivity contribution is 6.35. The highest BCUT2D eigenvalue weighted by atomic mass is 35.5. The Hall–Kier alpha value is -1.52. The molecule has 2 aromatic heterocycles. The van der Waals surface area contributed by atoms with E-state index < -0.39 is 0 Å². The number of nitrogens with zero attached hydrogens (tertiary/aromatic N) is 1. The quantitative estimate of drug-likeness (QED) is 0.878. The number of aromatic nitrogens is 1. The summed E-state index contributed by atoms with van der Waals surface area (Å²) in [4.78, 5) is 15.8. The lowest BCUT2D eigenvalue weighted by atomic mass is 10.2. The van der Waals surface area contributed by atoms with Crippen LogP contribution in [0.2, 0.25) is 10.2 Å². The fourth-order valence-corrected chi connectivity index (χ4v) is 1.82. The molecule has 1 atom stereocenters. The van der Waals surface area contributed by atoms with E-state index in [4.69, 9.17) is 27.6 Å². The number of carbonyl (C=O) groups excluding carboxylic acids is 1. The third-order valence-electron chi connectivity index (χ3n) is 2.38. The van der Waals surface area contributed by atoms with Crippen molar-refractivity contribution in [3.05, 3.63) is 52.2 Å². The molecule has 0 radical (unpaired) electrons. The Bertz CT molecular complexity index is 555. The Morgan fingerprint density at radius 3 is 2.94 bits per heavy atom. The molecule has 0 saturated carbocycles. The third kappa shape index (κ3) is 2.83. The molecule has 94 valence electrons. The fourth-order valence-electron chi connectivity index (χ4n) is 1.47. The molecule has 0 aliphatic rings. The molecule has 0 spiro atoms. The van der Waals surface area contributed by atoms with Crippen LogP contribution in [0, 0.1) is 0 Å². The largest absolute Gasteiger partial charge is 0.467 e. The number of rotatable bonds is 3. The van der Waals surface area contributed by atoms with Crippen LogP contribution in [0.1, 0.15) is 29.1 Å².